The molecule has 0 saturated heterocycles. The van der Waals surface area contributed by atoms with Crippen molar-refractivity contribution in [1.29, 1.82) is 0 Å². The van der Waals surface area contributed by atoms with Gasteiger partial charge in [0, 0.05) is 0 Å². The minimum atomic E-state index is -7.04. The molecule has 0 heterocycles. The molecule has 116 valence electrons. The molecular weight excluding hydrogens is 285 g/mol. The third-order valence-electron chi connectivity index (χ3n) is 2.90. The van der Waals surface area contributed by atoms with Crippen LogP contribution < -0.4 is 4.52 Å². The second kappa shape index (κ2) is 4.62. The molecule has 1 rings (SSSR count). The molecule has 2 N–H and O–H groups in total. The summed E-state index contributed by atoms with van der Waals surface area (Å²) in [6.45, 7) is 11.6. The predicted octanol–water partition coefficient (Wildman–Crippen LogP) is 4.71. The number of halogens is 2. The molecule has 0 aromatic heterocycles. The first-order valence-corrected chi connectivity index (χ1v) is 8.20. The van der Waals surface area contributed by atoms with E-state index in [4.69, 9.17) is 9.79 Å². The Kier molecular flexibility index (Phi) is 3.99. The zero-order chi connectivity index (χ0) is 16.0. The van der Waals surface area contributed by atoms with Gasteiger partial charge >= 0.3 is 118 Å². The maximum atomic E-state index is 13.0. The van der Waals surface area contributed by atoms with Crippen molar-refractivity contribution < 1.29 is 22.7 Å². The summed E-state index contributed by atoms with van der Waals surface area (Å²) in [5.74, 6) is -0.196. The van der Waals surface area contributed by atoms with Crippen molar-refractivity contribution in [3.05, 3.63) is 29.3 Å². The van der Waals surface area contributed by atoms with Gasteiger partial charge in [0.1, 0.15) is 0 Å². The van der Waals surface area contributed by atoms with E-state index in [2.05, 4.69) is 4.52 Å². The Morgan fingerprint density at radius 1 is 0.950 bits per heavy atom. The van der Waals surface area contributed by atoms with Gasteiger partial charge in [-0.25, -0.2) is 0 Å². The van der Waals surface area contributed by atoms with Crippen molar-refractivity contribution in [2.24, 2.45) is 0 Å². The quantitative estimate of drug-likeness (QED) is 0.778. The van der Waals surface area contributed by atoms with Gasteiger partial charge in [-0.1, -0.05) is 0 Å². The maximum absolute atomic E-state index is 13.0. The van der Waals surface area contributed by atoms with Crippen molar-refractivity contribution in [1.82, 2.24) is 0 Å². The van der Waals surface area contributed by atoms with Crippen LogP contribution in [0.2, 0.25) is 0 Å². The van der Waals surface area contributed by atoms with E-state index in [0.29, 0.717) is 5.56 Å². The second-order valence-corrected chi connectivity index (χ2v) is 8.76. The number of benzene rings is 1. The molecule has 0 aliphatic rings. The van der Waals surface area contributed by atoms with Crippen LogP contribution in [-0.4, -0.2) is 9.79 Å². The topological polar surface area (TPSA) is 49.7 Å². The predicted molar refractivity (Wildman–Crippen MR) is 78.0 cm³/mol. The standard InChI is InChI=1S/C14H23F2O3P/c1-13(2,3)10-7-8-12(19-20(15,16,17)18)11(9-10)14(4,5)6/h7-9,17-18H,1-6H3. The molecule has 0 unspecified atom stereocenters. The Balaban J connectivity index is 3.41. The van der Waals surface area contributed by atoms with Crippen LogP contribution in [0.15, 0.2) is 18.2 Å². The van der Waals surface area contributed by atoms with Gasteiger partial charge < -0.3 is 0 Å². The van der Waals surface area contributed by atoms with Crippen molar-refractivity contribution in [2.45, 2.75) is 52.4 Å². The fraction of sp³-hybridized carbons (Fsp3) is 0.571. The van der Waals surface area contributed by atoms with E-state index in [1.807, 2.05) is 41.5 Å². The van der Waals surface area contributed by atoms with E-state index in [1.54, 1.807) is 12.1 Å². The van der Waals surface area contributed by atoms with E-state index >= 15 is 0 Å². The molecule has 3 nitrogen and oxygen atoms in total. The van der Waals surface area contributed by atoms with Crippen molar-refractivity contribution in [2.75, 3.05) is 0 Å². The normalized spacial score (nSPS) is 15.6. The molecule has 0 atom stereocenters. The van der Waals surface area contributed by atoms with Crippen LogP contribution in [0.3, 0.4) is 0 Å². The number of hydrogen-bond donors (Lipinski definition) is 2. The van der Waals surface area contributed by atoms with Gasteiger partial charge in [0.2, 0.25) is 0 Å². The molecule has 1 aromatic carbocycles. The third-order valence-corrected chi connectivity index (χ3v) is 3.40. The van der Waals surface area contributed by atoms with E-state index in [1.165, 1.54) is 6.07 Å². The Labute approximate surface area is 119 Å². The van der Waals surface area contributed by atoms with Crippen molar-refractivity contribution in [3.8, 4) is 5.75 Å². The van der Waals surface area contributed by atoms with Crippen molar-refractivity contribution >= 4 is 7.91 Å². The SMILES string of the molecule is CC(C)(C)c1ccc(OP(O)(O)(F)F)c(C(C)(C)C)c1. The summed E-state index contributed by atoms with van der Waals surface area (Å²) >= 11 is 0. The molecule has 0 saturated carbocycles. The van der Waals surface area contributed by atoms with Crippen LogP contribution in [0.25, 0.3) is 0 Å². The van der Waals surface area contributed by atoms with Crippen LogP contribution in [0, 0.1) is 0 Å². The van der Waals surface area contributed by atoms with Crippen LogP contribution in [0.5, 0.6) is 5.75 Å². The molecular formula is C14H23F2O3P. The summed E-state index contributed by atoms with van der Waals surface area (Å²) < 4.78 is 30.3. The van der Waals surface area contributed by atoms with Gasteiger partial charge in [-0.15, -0.1) is 0 Å². The molecule has 20 heavy (non-hydrogen) atoms. The summed E-state index contributed by atoms with van der Waals surface area (Å²) in [6.07, 6.45) is 0. The van der Waals surface area contributed by atoms with E-state index in [9.17, 15) is 8.39 Å². The Hall–Kier alpha value is -0.770. The first-order chi connectivity index (χ1) is 8.56. The van der Waals surface area contributed by atoms with Gasteiger partial charge in [0.25, 0.3) is 0 Å². The fourth-order valence-corrected chi connectivity index (χ4v) is 2.31. The summed E-state index contributed by atoms with van der Waals surface area (Å²) in [7, 11) is -7.04. The minimum absolute atomic E-state index is 0.145. The Morgan fingerprint density at radius 2 is 1.45 bits per heavy atom. The molecule has 1 aromatic rings. The average molecular weight is 308 g/mol. The molecule has 0 aliphatic carbocycles. The molecule has 0 amide bonds. The number of hydrogen-bond acceptors (Lipinski definition) is 3. The molecule has 0 fully saturated rings. The summed E-state index contributed by atoms with van der Waals surface area (Å²) in [4.78, 5) is 17.4. The van der Waals surface area contributed by atoms with Gasteiger partial charge in [-0.05, 0) is 0 Å². The molecule has 0 spiro atoms. The molecule has 0 radical (unpaired) electrons. The van der Waals surface area contributed by atoms with Crippen LogP contribution >= 0.6 is 7.91 Å². The first kappa shape index (κ1) is 17.3. The zero-order valence-corrected chi connectivity index (χ0v) is 13.6. The van der Waals surface area contributed by atoms with E-state index in [-0.39, 0.29) is 11.2 Å². The van der Waals surface area contributed by atoms with Gasteiger partial charge in [0.15, 0.2) is 0 Å². The van der Waals surface area contributed by atoms with Crippen LogP contribution in [0.1, 0.15) is 52.7 Å². The van der Waals surface area contributed by atoms with Crippen LogP contribution in [-0.2, 0) is 10.8 Å². The first-order valence-electron chi connectivity index (χ1n) is 6.36. The summed E-state index contributed by atoms with van der Waals surface area (Å²) in [5, 5.41) is 0. The Bertz CT molecular complexity index is 499. The average Bonchev–Trinajstić information content (AvgIpc) is 2.10. The third kappa shape index (κ3) is 4.97. The Morgan fingerprint density at radius 3 is 1.80 bits per heavy atom. The fourth-order valence-electron chi connectivity index (χ4n) is 1.82. The van der Waals surface area contributed by atoms with Gasteiger partial charge in [-0.2, -0.15) is 0 Å². The molecule has 6 heteroatoms. The zero-order valence-electron chi connectivity index (χ0n) is 12.7. The molecule has 0 bridgehead atoms. The van der Waals surface area contributed by atoms with Crippen LogP contribution in [0.4, 0.5) is 8.39 Å². The van der Waals surface area contributed by atoms with Gasteiger partial charge in [-0.3, -0.25) is 0 Å². The molecule has 0 aliphatic heterocycles. The van der Waals surface area contributed by atoms with Gasteiger partial charge in [0.05, 0.1) is 0 Å². The second-order valence-electron chi connectivity index (χ2n) is 7.06. The van der Waals surface area contributed by atoms with E-state index in [0.717, 1.165) is 5.56 Å². The number of rotatable bonds is 2. The van der Waals surface area contributed by atoms with Crippen molar-refractivity contribution in [3.63, 3.8) is 0 Å². The summed E-state index contributed by atoms with van der Waals surface area (Å²) in [5.41, 5.74) is 0.861. The van der Waals surface area contributed by atoms with E-state index < -0.39 is 13.3 Å². The monoisotopic (exact) mass is 308 g/mol. The summed E-state index contributed by atoms with van der Waals surface area (Å²) in [6, 6.07) is 4.80.